The number of rotatable bonds is 7. The Kier molecular flexibility index (Phi) is 7.28. The van der Waals surface area contributed by atoms with Gasteiger partial charge in [0, 0.05) is 32.7 Å². The monoisotopic (exact) mass is 384 g/mol. The predicted octanol–water partition coefficient (Wildman–Crippen LogP) is 2.87. The van der Waals surface area contributed by atoms with Crippen LogP contribution in [0.5, 0.6) is 5.75 Å². The highest BCUT2D eigenvalue weighted by molar-refractivity contribution is 5.67. The molecule has 1 N–H and O–H groups in total. The first-order valence-electron chi connectivity index (χ1n) is 9.76. The summed E-state index contributed by atoms with van der Waals surface area (Å²) < 4.78 is 10.8. The molecule has 1 fully saturated rings. The standard InChI is InChI=1S/C22H28N2O4/c1-2-27-22(26)24-14-12-23(13-15-24)16-20(25)17-28-21-10-8-19(9-11-21)18-6-4-3-5-7-18/h3-11,20,25H,2,12-17H2,1H3/t20-/m0/s1. The Morgan fingerprint density at radius 3 is 2.29 bits per heavy atom. The highest BCUT2D eigenvalue weighted by atomic mass is 16.6. The molecule has 0 aliphatic carbocycles. The number of aliphatic hydroxyl groups excluding tert-OH is 1. The minimum atomic E-state index is -0.581. The Balaban J connectivity index is 1.40. The molecule has 1 amide bonds. The van der Waals surface area contributed by atoms with Gasteiger partial charge in [-0.05, 0) is 30.2 Å². The van der Waals surface area contributed by atoms with Gasteiger partial charge in [-0.3, -0.25) is 4.90 Å². The smallest absolute Gasteiger partial charge is 0.409 e. The fraction of sp³-hybridized carbons (Fsp3) is 0.409. The molecule has 0 spiro atoms. The van der Waals surface area contributed by atoms with Crippen molar-refractivity contribution in [3.05, 3.63) is 54.6 Å². The number of ether oxygens (including phenoxy) is 2. The van der Waals surface area contributed by atoms with Gasteiger partial charge in [0.1, 0.15) is 18.5 Å². The maximum Gasteiger partial charge on any atom is 0.409 e. The van der Waals surface area contributed by atoms with Crippen LogP contribution < -0.4 is 4.74 Å². The molecule has 2 aromatic carbocycles. The van der Waals surface area contributed by atoms with Gasteiger partial charge in [-0.15, -0.1) is 0 Å². The van der Waals surface area contributed by atoms with Gasteiger partial charge in [0.25, 0.3) is 0 Å². The van der Waals surface area contributed by atoms with Crippen LogP contribution in [0.3, 0.4) is 0 Å². The van der Waals surface area contributed by atoms with Crippen LogP contribution >= 0.6 is 0 Å². The normalized spacial score (nSPS) is 15.9. The third kappa shape index (κ3) is 5.71. The Labute approximate surface area is 166 Å². The molecule has 2 aromatic rings. The third-order valence-electron chi connectivity index (χ3n) is 4.77. The van der Waals surface area contributed by atoms with E-state index < -0.39 is 6.10 Å². The molecule has 6 heteroatoms. The Bertz CT molecular complexity index is 728. The highest BCUT2D eigenvalue weighted by Crippen LogP contribution is 2.22. The molecule has 0 bridgehead atoms. The molecule has 0 radical (unpaired) electrons. The lowest BCUT2D eigenvalue weighted by Gasteiger charge is -2.34. The van der Waals surface area contributed by atoms with Crippen molar-refractivity contribution < 1.29 is 19.4 Å². The van der Waals surface area contributed by atoms with Gasteiger partial charge in [0.15, 0.2) is 0 Å². The van der Waals surface area contributed by atoms with E-state index in [2.05, 4.69) is 17.0 Å². The summed E-state index contributed by atoms with van der Waals surface area (Å²) in [5.74, 6) is 0.742. The summed E-state index contributed by atoms with van der Waals surface area (Å²) in [5.41, 5.74) is 2.30. The van der Waals surface area contributed by atoms with Gasteiger partial charge >= 0.3 is 6.09 Å². The zero-order chi connectivity index (χ0) is 19.8. The van der Waals surface area contributed by atoms with E-state index in [-0.39, 0.29) is 12.7 Å². The summed E-state index contributed by atoms with van der Waals surface area (Å²) >= 11 is 0. The van der Waals surface area contributed by atoms with E-state index in [4.69, 9.17) is 9.47 Å². The van der Waals surface area contributed by atoms with E-state index >= 15 is 0 Å². The average molecular weight is 384 g/mol. The minimum absolute atomic E-state index is 0.239. The van der Waals surface area contributed by atoms with Crippen LogP contribution in [0.2, 0.25) is 0 Å². The molecule has 1 atom stereocenters. The summed E-state index contributed by atoms with van der Waals surface area (Å²) in [6, 6.07) is 18.1. The summed E-state index contributed by atoms with van der Waals surface area (Å²) in [4.78, 5) is 15.6. The van der Waals surface area contributed by atoms with Gasteiger partial charge in [-0.2, -0.15) is 0 Å². The molecule has 1 aliphatic heterocycles. The van der Waals surface area contributed by atoms with Gasteiger partial charge in [0.2, 0.25) is 0 Å². The predicted molar refractivity (Wildman–Crippen MR) is 108 cm³/mol. The van der Waals surface area contributed by atoms with Crippen LogP contribution in [0.25, 0.3) is 11.1 Å². The fourth-order valence-electron chi connectivity index (χ4n) is 3.25. The molecule has 1 heterocycles. The third-order valence-corrected chi connectivity index (χ3v) is 4.77. The summed E-state index contributed by atoms with van der Waals surface area (Å²) in [5, 5.41) is 10.3. The van der Waals surface area contributed by atoms with E-state index in [1.807, 2.05) is 42.5 Å². The average Bonchev–Trinajstić information content (AvgIpc) is 2.74. The van der Waals surface area contributed by atoms with E-state index in [1.54, 1.807) is 11.8 Å². The number of β-amino-alcohol motifs (C(OH)–C–C–N with tert-alkyl or cyclic N) is 1. The topological polar surface area (TPSA) is 62.2 Å². The van der Waals surface area contributed by atoms with Crippen molar-refractivity contribution in [1.82, 2.24) is 9.80 Å². The minimum Gasteiger partial charge on any atom is -0.491 e. The van der Waals surface area contributed by atoms with Crippen molar-refractivity contribution in [1.29, 1.82) is 0 Å². The molecular formula is C22H28N2O4. The molecule has 3 rings (SSSR count). The highest BCUT2D eigenvalue weighted by Gasteiger charge is 2.23. The second-order valence-electron chi connectivity index (χ2n) is 6.84. The summed E-state index contributed by atoms with van der Waals surface area (Å²) in [7, 11) is 0. The summed E-state index contributed by atoms with van der Waals surface area (Å²) in [6.07, 6.45) is -0.840. The first kappa shape index (κ1) is 20.2. The zero-order valence-electron chi connectivity index (χ0n) is 16.3. The van der Waals surface area contributed by atoms with Crippen molar-refractivity contribution in [2.24, 2.45) is 0 Å². The summed E-state index contributed by atoms with van der Waals surface area (Å²) in [6.45, 7) is 5.65. The first-order chi connectivity index (χ1) is 13.7. The Morgan fingerprint density at radius 1 is 1.00 bits per heavy atom. The van der Waals surface area contributed by atoms with Crippen LogP contribution in [0.4, 0.5) is 4.79 Å². The molecular weight excluding hydrogens is 356 g/mol. The van der Waals surface area contributed by atoms with Crippen molar-refractivity contribution in [3.8, 4) is 16.9 Å². The number of hydrogen-bond donors (Lipinski definition) is 1. The molecule has 0 saturated carbocycles. The quantitative estimate of drug-likeness (QED) is 0.795. The number of carbonyl (C=O) groups is 1. The number of nitrogens with zero attached hydrogens (tertiary/aromatic N) is 2. The van der Waals surface area contributed by atoms with Gasteiger partial charge in [-0.1, -0.05) is 42.5 Å². The number of hydrogen-bond acceptors (Lipinski definition) is 5. The number of aliphatic hydroxyl groups is 1. The largest absolute Gasteiger partial charge is 0.491 e. The second kappa shape index (κ2) is 10.1. The van der Waals surface area contributed by atoms with Crippen molar-refractivity contribution in [2.45, 2.75) is 13.0 Å². The number of piperazine rings is 1. The van der Waals surface area contributed by atoms with E-state index in [0.717, 1.165) is 30.0 Å². The van der Waals surface area contributed by atoms with Gasteiger partial charge in [-0.25, -0.2) is 4.79 Å². The Hall–Kier alpha value is -2.57. The van der Waals surface area contributed by atoms with Gasteiger partial charge in [0.05, 0.1) is 6.61 Å². The van der Waals surface area contributed by atoms with Crippen LogP contribution in [0, 0.1) is 0 Å². The zero-order valence-corrected chi connectivity index (χ0v) is 16.3. The lowest BCUT2D eigenvalue weighted by molar-refractivity contribution is 0.0408. The maximum atomic E-state index is 11.7. The van der Waals surface area contributed by atoms with E-state index in [9.17, 15) is 9.90 Å². The van der Waals surface area contributed by atoms with Crippen molar-refractivity contribution in [3.63, 3.8) is 0 Å². The number of benzene rings is 2. The second-order valence-corrected chi connectivity index (χ2v) is 6.84. The lowest BCUT2D eigenvalue weighted by Crippen LogP contribution is -2.51. The van der Waals surface area contributed by atoms with Crippen molar-refractivity contribution in [2.75, 3.05) is 45.9 Å². The molecule has 0 aromatic heterocycles. The molecule has 0 unspecified atom stereocenters. The molecule has 1 aliphatic rings. The van der Waals surface area contributed by atoms with E-state index in [1.165, 1.54) is 0 Å². The molecule has 6 nitrogen and oxygen atoms in total. The Morgan fingerprint density at radius 2 is 1.64 bits per heavy atom. The van der Waals surface area contributed by atoms with Crippen LogP contribution in [-0.4, -0.2) is 73.0 Å². The van der Waals surface area contributed by atoms with E-state index in [0.29, 0.717) is 26.2 Å². The molecule has 1 saturated heterocycles. The number of amides is 1. The first-order valence-corrected chi connectivity index (χ1v) is 9.76. The molecule has 28 heavy (non-hydrogen) atoms. The fourth-order valence-corrected chi connectivity index (χ4v) is 3.25. The maximum absolute atomic E-state index is 11.7. The molecule has 150 valence electrons. The number of carbonyl (C=O) groups excluding carboxylic acids is 1. The van der Waals surface area contributed by atoms with Crippen molar-refractivity contribution >= 4 is 6.09 Å². The van der Waals surface area contributed by atoms with Crippen LogP contribution in [-0.2, 0) is 4.74 Å². The van der Waals surface area contributed by atoms with Gasteiger partial charge < -0.3 is 19.5 Å². The van der Waals surface area contributed by atoms with Crippen LogP contribution in [0.1, 0.15) is 6.92 Å². The SMILES string of the molecule is CCOC(=O)N1CCN(C[C@H](O)COc2ccc(-c3ccccc3)cc2)CC1. The lowest BCUT2D eigenvalue weighted by atomic mass is 10.1. The van der Waals surface area contributed by atoms with Crippen LogP contribution in [0.15, 0.2) is 54.6 Å².